The number of hydrogen-bond acceptors (Lipinski definition) is 3. The quantitative estimate of drug-likeness (QED) is 0.481. The van der Waals surface area contributed by atoms with E-state index in [1.54, 1.807) is 0 Å². The van der Waals surface area contributed by atoms with Crippen LogP contribution in [-0.4, -0.2) is 26.1 Å². The molecule has 0 aromatic carbocycles. The summed E-state index contributed by atoms with van der Waals surface area (Å²) in [5.74, 6) is 0. The van der Waals surface area contributed by atoms with Crippen LogP contribution in [0, 0.1) is 0 Å². The minimum Gasteiger partial charge on any atom is -0.317 e. The molecule has 64 valence electrons. The Kier molecular flexibility index (Phi) is 8.68. The molecule has 0 saturated heterocycles. The summed E-state index contributed by atoms with van der Waals surface area (Å²) in [5.41, 5.74) is 0. The lowest BCUT2D eigenvalue weighted by Gasteiger charge is -1.86. The first-order chi connectivity index (χ1) is 4.41. The smallest absolute Gasteiger partial charge is 0.317 e. The van der Waals surface area contributed by atoms with E-state index in [2.05, 4.69) is 24.3 Å². The molecule has 4 N–H and O–H groups in total. The molecule has 0 aliphatic rings. The van der Waals surface area contributed by atoms with Gasteiger partial charge in [0.1, 0.15) is 0 Å². The van der Waals surface area contributed by atoms with Gasteiger partial charge < -0.3 is 5.32 Å². The molecule has 0 bridgehead atoms. The van der Waals surface area contributed by atoms with Crippen molar-refractivity contribution < 1.29 is 13.0 Å². The van der Waals surface area contributed by atoms with Gasteiger partial charge in [-0.3, -0.25) is 4.55 Å². The van der Waals surface area contributed by atoms with E-state index in [-0.39, 0.29) is 0 Å². The topological polar surface area (TPSA) is 92.4 Å². The Morgan fingerprint density at radius 1 is 1.40 bits per heavy atom. The SMILES string of the molecule is CCNCC.NS(=O)(=O)O. The molecule has 0 aromatic heterocycles. The van der Waals surface area contributed by atoms with Gasteiger partial charge in [-0.05, 0) is 13.1 Å². The van der Waals surface area contributed by atoms with Crippen LogP contribution in [0.25, 0.3) is 0 Å². The van der Waals surface area contributed by atoms with Gasteiger partial charge in [0.25, 0.3) is 0 Å². The predicted octanol–water partition coefficient (Wildman–Crippen LogP) is -0.636. The van der Waals surface area contributed by atoms with Gasteiger partial charge in [0, 0.05) is 0 Å². The maximum atomic E-state index is 8.97. The summed E-state index contributed by atoms with van der Waals surface area (Å²) in [5, 5.41) is 6.99. The van der Waals surface area contributed by atoms with E-state index in [0.717, 1.165) is 13.1 Å². The largest absolute Gasteiger partial charge is 0.330 e. The lowest BCUT2D eigenvalue weighted by molar-refractivity contribution is 0.485. The van der Waals surface area contributed by atoms with Crippen molar-refractivity contribution >= 4 is 10.3 Å². The van der Waals surface area contributed by atoms with Gasteiger partial charge in [-0.2, -0.15) is 8.42 Å². The lowest BCUT2D eigenvalue weighted by Crippen LogP contribution is -2.09. The van der Waals surface area contributed by atoms with E-state index in [1.807, 2.05) is 0 Å². The maximum Gasteiger partial charge on any atom is 0.330 e. The van der Waals surface area contributed by atoms with Gasteiger partial charge in [-0.1, -0.05) is 13.8 Å². The van der Waals surface area contributed by atoms with Crippen LogP contribution in [0.1, 0.15) is 13.8 Å². The fourth-order valence-electron chi connectivity index (χ4n) is 0.250. The average molecular weight is 170 g/mol. The van der Waals surface area contributed by atoms with Crippen molar-refractivity contribution in [3.8, 4) is 0 Å². The van der Waals surface area contributed by atoms with Gasteiger partial charge in [-0.15, -0.1) is 0 Å². The first kappa shape index (κ1) is 12.5. The summed E-state index contributed by atoms with van der Waals surface area (Å²) in [6.07, 6.45) is 0. The maximum absolute atomic E-state index is 8.97. The molecule has 0 atom stereocenters. The lowest BCUT2D eigenvalue weighted by atomic mass is 10.7. The molecule has 0 spiro atoms. The summed E-state index contributed by atoms with van der Waals surface area (Å²) in [4.78, 5) is 0. The molecule has 0 radical (unpaired) electrons. The number of nitrogens with one attached hydrogen (secondary N) is 1. The van der Waals surface area contributed by atoms with E-state index in [1.165, 1.54) is 0 Å². The van der Waals surface area contributed by atoms with Gasteiger partial charge in [0.2, 0.25) is 0 Å². The van der Waals surface area contributed by atoms with Crippen LogP contribution in [0.3, 0.4) is 0 Å². The molecule has 10 heavy (non-hydrogen) atoms. The van der Waals surface area contributed by atoms with Crippen molar-refractivity contribution in [2.75, 3.05) is 13.1 Å². The van der Waals surface area contributed by atoms with Crippen LogP contribution in [0.2, 0.25) is 0 Å². The summed E-state index contributed by atoms with van der Waals surface area (Å²) >= 11 is 0. The van der Waals surface area contributed by atoms with Crippen molar-refractivity contribution in [2.45, 2.75) is 13.8 Å². The molecule has 0 aromatic rings. The van der Waals surface area contributed by atoms with Gasteiger partial charge >= 0.3 is 10.3 Å². The number of rotatable bonds is 2. The third-order valence-electron chi connectivity index (χ3n) is 0.500. The standard InChI is InChI=1S/C4H11N.H3NO3S/c1-3-5-4-2;1-5(2,3)4/h5H,3-4H2,1-2H3;(H3,1,2,3,4). The highest BCUT2D eigenvalue weighted by Crippen LogP contribution is 1.50. The van der Waals surface area contributed by atoms with Crippen LogP contribution in [-0.2, 0) is 10.3 Å². The highest BCUT2D eigenvalue weighted by Gasteiger charge is 1.81. The molecule has 6 heteroatoms. The first-order valence-electron chi connectivity index (χ1n) is 2.87. The molecule has 0 rings (SSSR count). The first-order valence-corrected chi connectivity index (χ1v) is 4.38. The molecule has 0 fully saturated rings. The second kappa shape index (κ2) is 6.94. The zero-order chi connectivity index (χ0) is 8.62. The third-order valence-corrected chi connectivity index (χ3v) is 0.500. The highest BCUT2D eigenvalue weighted by molar-refractivity contribution is 7.83. The Balaban J connectivity index is 0. The van der Waals surface area contributed by atoms with Crippen molar-refractivity contribution in [3.05, 3.63) is 0 Å². The monoisotopic (exact) mass is 170 g/mol. The number of hydrogen-bond donors (Lipinski definition) is 3. The van der Waals surface area contributed by atoms with Crippen molar-refractivity contribution in [2.24, 2.45) is 5.14 Å². The molecular formula is C4H14N2O3S. The van der Waals surface area contributed by atoms with E-state index in [9.17, 15) is 0 Å². The Hall–Kier alpha value is -0.170. The van der Waals surface area contributed by atoms with Crippen LogP contribution < -0.4 is 10.5 Å². The molecule has 0 amide bonds. The third kappa shape index (κ3) is 109. The Labute approximate surface area is 61.5 Å². The van der Waals surface area contributed by atoms with E-state index < -0.39 is 10.3 Å². The minimum atomic E-state index is -4.17. The molecule has 0 saturated carbocycles. The molecule has 5 nitrogen and oxygen atoms in total. The van der Waals surface area contributed by atoms with E-state index in [0.29, 0.717) is 0 Å². The van der Waals surface area contributed by atoms with Crippen molar-refractivity contribution in [1.29, 1.82) is 0 Å². The highest BCUT2D eigenvalue weighted by atomic mass is 32.2. The minimum absolute atomic E-state index is 1.09. The fraction of sp³-hybridized carbons (Fsp3) is 1.00. The zero-order valence-corrected chi connectivity index (χ0v) is 6.98. The van der Waals surface area contributed by atoms with Crippen LogP contribution in [0.5, 0.6) is 0 Å². The van der Waals surface area contributed by atoms with Gasteiger partial charge in [0.15, 0.2) is 0 Å². The van der Waals surface area contributed by atoms with Gasteiger partial charge in [0.05, 0.1) is 0 Å². The fourth-order valence-corrected chi connectivity index (χ4v) is 0.250. The Morgan fingerprint density at radius 3 is 1.60 bits per heavy atom. The second-order valence-electron chi connectivity index (χ2n) is 1.47. The van der Waals surface area contributed by atoms with Crippen LogP contribution >= 0.6 is 0 Å². The predicted molar refractivity (Wildman–Crippen MR) is 40.0 cm³/mol. The van der Waals surface area contributed by atoms with Gasteiger partial charge in [-0.25, -0.2) is 5.14 Å². The summed E-state index contributed by atoms with van der Waals surface area (Å²) in [6.45, 7) is 6.39. The summed E-state index contributed by atoms with van der Waals surface area (Å²) in [6, 6.07) is 0. The van der Waals surface area contributed by atoms with Crippen molar-refractivity contribution in [1.82, 2.24) is 5.32 Å². The van der Waals surface area contributed by atoms with Crippen LogP contribution in [0.15, 0.2) is 0 Å². The summed E-state index contributed by atoms with van der Waals surface area (Å²) < 4.78 is 25.2. The Bertz CT molecular complexity index is 133. The van der Waals surface area contributed by atoms with Crippen LogP contribution in [0.4, 0.5) is 0 Å². The molecule has 0 aliphatic carbocycles. The molecular weight excluding hydrogens is 156 g/mol. The summed E-state index contributed by atoms with van der Waals surface area (Å²) in [7, 11) is -4.17. The average Bonchev–Trinajstić information content (AvgIpc) is 1.63. The van der Waals surface area contributed by atoms with E-state index in [4.69, 9.17) is 13.0 Å². The molecule has 0 unspecified atom stereocenters. The number of nitrogens with two attached hydrogens (primary N) is 1. The zero-order valence-electron chi connectivity index (χ0n) is 6.16. The van der Waals surface area contributed by atoms with Crippen molar-refractivity contribution in [3.63, 3.8) is 0 Å². The molecule has 0 heterocycles. The normalized spacial score (nSPS) is 10.0. The Morgan fingerprint density at radius 2 is 1.60 bits per heavy atom. The second-order valence-corrected chi connectivity index (χ2v) is 2.50. The molecule has 0 aliphatic heterocycles. The van der Waals surface area contributed by atoms with E-state index >= 15 is 0 Å².